The summed E-state index contributed by atoms with van der Waals surface area (Å²) in [5.41, 5.74) is 9.54. The Hall–Kier alpha value is -2.63. The number of aromatic nitrogens is 1. The van der Waals surface area contributed by atoms with Crippen LogP contribution in [0.25, 0.3) is 21.9 Å². The molecule has 4 N–H and O–H groups in total. The first-order chi connectivity index (χ1) is 13.0. The number of nitrogens with zero attached hydrogens (tertiary/aromatic N) is 1. The normalized spacial score (nSPS) is 14.1. The number of anilines is 1. The molecule has 1 fully saturated rings. The third-order valence-corrected chi connectivity index (χ3v) is 5.39. The molecule has 138 valence electrons. The van der Waals surface area contributed by atoms with E-state index < -0.39 is 0 Å². The zero-order chi connectivity index (χ0) is 19.0. The van der Waals surface area contributed by atoms with Gasteiger partial charge in [0.15, 0.2) is 0 Å². The number of hydrogen-bond acceptors (Lipinski definition) is 4. The molecule has 2 heterocycles. The highest BCUT2D eigenvalue weighted by Gasteiger charge is 2.20. The van der Waals surface area contributed by atoms with Crippen LogP contribution in [0.2, 0.25) is 5.02 Å². The second kappa shape index (κ2) is 7.18. The number of carbonyl (C=O) groups is 1. The molecule has 1 saturated heterocycles. The van der Waals surface area contributed by atoms with E-state index in [1.165, 1.54) is 0 Å². The Morgan fingerprint density at radius 2 is 2.15 bits per heavy atom. The van der Waals surface area contributed by atoms with Crippen LogP contribution in [0.5, 0.6) is 0 Å². The Bertz CT molecular complexity index is 1010. The lowest BCUT2D eigenvalue weighted by Gasteiger charge is -2.27. The molecule has 0 unspecified atom stereocenters. The van der Waals surface area contributed by atoms with E-state index in [9.17, 15) is 4.79 Å². The topological polar surface area (TPSA) is 80.0 Å². The first-order valence-electron chi connectivity index (χ1n) is 8.97. The second-order valence-electron chi connectivity index (χ2n) is 6.99. The average molecular weight is 381 g/mol. The number of hydrogen-bond donors (Lipinski definition) is 3. The van der Waals surface area contributed by atoms with Crippen LogP contribution in [0, 0.1) is 12.8 Å². The van der Waals surface area contributed by atoms with Crippen molar-refractivity contribution >= 4 is 34.1 Å². The van der Waals surface area contributed by atoms with E-state index in [1.807, 2.05) is 43.3 Å². The smallest absolute Gasteiger partial charge is 0.255 e. The number of aryl methyl sites for hydroxylation is 1. The van der Waals surface area contributed by atoms with Crippen molar-refractivity contribution in [3.05, 3.63) is 58.7 Å². The van der Waals surface area contributed by atoms with E-state index in [0.29, 0.717) is 23.0 Å². The fraction of sp³-hybridized carbons (Fsp3) is 0.238. The van der Waals surface area contributed by atoms with Crippen molar-refractivity contribution in [3.8, 4) is 11.1 Å². The molecule has 0 radical (unpaired) electrons. The molecule has 0 bridgehead atoms. The molecule has 27 heavy (non-hydrogen) atoms. The number of nitrogen functional groups attached to an aromatic ring is 1. The Balaban J connectivity index is 1.73. The summed E-state index contributed by atoms with van der Waals surface area (Å²) in [5, 5.41) is 8.52. The average Bonchev–Trinajstić information content (AvgIpc) is 2.60. The van der Waals surface area contributed by atoms with Gasteiger partial charge >= 0.3 is 0 Å². The molecule has 1 aliphatic rings. The summed E-state index contributed by atoms with van der Waals surface area (Å²) in [5.74, 6) is 0.542. The summed E-state index contributed by atoms with van der Waals surface area (Å²) in [6.07, 6.45) is 1.70. The molecule has 0 saturated carbocycles. The maximum absolute atomic E-state index is 12.7. The van der Waals surface area contributed by atoms with Crippen molar-refractivity contribution in [2.75, 3.05) is 25.4 Å². The van der Waals surface area contributed by atoms with Gasteiger partial charge in [0.25, 0.3) is 5.91 Å². The van der Waals surface area contributed by atoms with E-state index in [1.54, 1.807) is 6.20 Å². The van der Waals surface area contributed by atoms with Gasteiger partial charge in [-0.05, 0) is 35.6 Å². The van der Waals surface area contributed by atoms with Gasteiger partial charge in [0.2, 0.25) is 0 Å². The zero-order valence-corrected chi connectivity index (χ0v) is 15.8. The van der Waals surface area contributed by atoms with Gasteiger partial charge in [-0.3, -0.25) is 4.79 Å². The minimum Gasteiger partial charge on any atom is -0.383 e. The molecule has 1 aromatic heterocycles. The van der Waals surface area contributed by atoms with E-state index in [-0.39, 0.29) is 11.7 Å². The lowest BCUT2D eigenvalue weighted by atomic mass is 9.96. The van der Waals surface area contributed by atoms with Gasteiger partial charge in [-0.15, -0.1) is 0 Å². The molecule has 5 nitrogen and oxygen atoms in total. The van der Waals surface area contributed by atoms with Crippen LogP contribution in [0.15, 0.2) is 42.6 Å². The number of carbonyl (C=O) groups excluding carboxylic acids is 1. The highest BCUT2D eigenvalue weighted by molar-refractivity contribution is 6.33. The van der Waals surface area contributed by atoms with Crippen LogP contribution in [0.4, 0.5) is 5.82 Å². The van der Waals surface area contributed by atoms with Crippen molar-refractivity contribution in [1.82, 2.24) is 15.6 Å². The molecule has 1 aliphatic heterocycles. The largest absolute Gasteiger partial charge is 0.383 e. The van der Waals surface area contributed by atoms with Crippen molar-refractivity contribution in [1.29, 1.82) is 0 Å². The Morgan fingerprint density at radius 3 is 2.85 bits per heavy atom. The van der Waals surface area contributed by atoms with Crippen molar-refractivity contribution in [3.63, 3.8) is 0 Å². The highest BCUT2D eigenvalue weighted by atomic mass is 35.5. The van der Waals surface area contributed by atoms with Crippen LogP contribution >= 0.6 is 11.6 Å². The fourth-order valence-corrected chi connectivity index (χ4v) is 3.78. The third-order valence-electron chi connectivity index (χ3n) is 5.07. The molecular weight excluding hydrogens is 360 g/mol. The maximum atomic E-state index is 12.7. The molecule has 1 amide bonds. The van der Waals surface area contributed by atoms with E-state index >= 15 is 0 Å². The molecule has 3 aromatic rings. The number of rotatable bonds is 4. The summed E-state index contributed by atoms with van der Waals surface area (Å²) in [7, 11) is 0. The lowest BCUT2D eigenvalue weighted by Crippen LogP contribution is -2.48. The molecule has 6 heteroatoms. The quantitative estimate of drug-likeness (QED) is 0.648. The third kappa shape index (κ3) is 3.36. The first-order valence-corrected chi connectivity index (χ1v) is 9.35. The van der Waals surface area contributed by atoms with Gasteiger partial charge in [0.1, 0.15) is 5.82 Å². The van der Waals surface area contributed by atoms with E-state index in [4.69, 9.17) is 17.3 Å². The van der Waals surface area contributed by atoms with Gasteiger partial charge in [-0.25, -0.2) is 4.98 Å². The highest BCUT2D eigenvalue weighted by Crippen LogP contribution is 2.34. The number of benzene rings is 2. The van der Waals surface area contributed by atoms with Gasteiger partial charge in [-0.1, -0.05) is 35.9 Å². The Morgan fingerprint density at radius 1 is 1.33 bits per heavy atom. The zero-order valence-electron chi connectivity index (χ0n) is 15.1. The molecule has 2 aromatic carbocycles. The van der Waals surface area contributed by atoms with Crippen molar-refractivity contribution < 1.29 is 4.79 Å². The van der Waals surface area contributed by atoms with Crippen LogP contribution in [-0.4, -0.2) is 30.5 Å². The number of amides is 1. The van der Waals surface area contributed by atoms with Gasteiger partial charge < -0.3 is 16.4 Å². The first kappa shape index (κ1) is 17.8. The lowest BCUT2D eigenvalue weighted by molar-refractivity contribution is 0.0944. The monoisotopic (exact) mass is 380 g/mol. The van der Waals surface area contributed by atoms with Gasteiger partial charge in [-0.2, -0.15) is 0 Å². The molecule has 0 atom stereocenters. The van der Waals surface area contributed by atoms with Gasteiger partial charge in [0.05, 0.1) is 5.56 Å². The summed E-state index contributed by atoms with van der Waals surface area (Å²) in [4.78, 5) is 17.0. The minimum atomic E-state index is -0.181. The molecule has 0 spiro atoms. The van der Waals surface area contributed by atoms with E-state index in [0.717, 1.165) is 40.6 Å². The predicted molar refractivity (Wildman–Crippen MR) is 110 cm³/mol. The maximum Gasteiger partial charge on any atom is 0.255 e. The Kier molecular flexibility index (Phi) is 4.72. The number of pyridine rings is 1. The molecular formula is C21H21ClN4O. The summed E-state index contributed by atoms with van der Waals surface area (Å²) >= 11 is 6.41. The standard InChI is InChI=1S/C21H21ClN4O/c1-12-3-2-4-17(22)18(12)14-5-6-16-15(7-14)11-25-20(23)19(16)21(27)26-10-13-8-24-9-13/h2-7,11,13,24H,8-10H2,1H3,(H2,23,25)(H,26,27). The van der Waals surface area contributed by atoms with Crippen LogP contribution < -0.4 is 16.4 Å². The SMILES string of the molecule is Cc1cccc(Cl)c1-c1ccc2c(C(=O)NCC3CNC3)c(N)ncc2c1. The van der Waals surface area contributed by atoms with E-state index in [2.05, 4.69) is 15.6 Å². The molecule has 4 rings (SSSR count). The molecule has 0 aliphatic carbocycles. The van der Waals surface area contributed by atoms with Crippen LogP contribution in [0.3, 0.4) is 0 Å². The second-order valence-corrected chi connectivity index (χ2v) is 7.39. The van der Waals surface area contributed by atoms with Gasteiger partial charge in [0, 0.05) is 47.7 Å². The minimum absolute atomic E-state index is 0.181. The number of fused-ring (bicyclic) bond motifs is 1. The number of nitrogens with two attached hydrogens (primary N) is 1. The van der Waals surface area contributed by atoms with Crippen LogP contribution in [-0.2, 0) is 0 Å². The number of halogens is 1. The summed E-state index contributed by atoms with van der Waals surface area (Å²) in [6.45, 7) is 4.54. The summed E-state index contributed by atoms with van der Waals surface area (Å²) < 4.78 is 0. The fourth-order valence-electron chi connectivity index (χ4n) is 3.45. The predicted octanol–water partition coefficient (Wildman–Crippen LogP) is 3.40. The number of nitrogens with one attached hydrogen (secondary N) is 2. The van der Waals surface area contributed by atoms with Crippen LogP contribution in [0.1, 0.15) is 15.9 Å². The van der Waals surface area contributed by atoms with Crippen molar-refractivity contribution in [2.45, 2.75) is 6.92 Å². The van der Waals surface area contributed by atoms with Crippen molar-refractivity contribution in [2.24, 2.45) is 5.92 Å². The Labute approximate surface area is 162 Å². The summed E-state index contributed by atoms with van der Waals surface area (Å²) in [6, 6.07) is 11.7.